The summed E-state index contributed by atoms with van der Waals surface area (Å²) in [6, 6.07) is 7.62. The smallest absolute Gasteiger partial charge is 0.251 e. The third-order valence-electron chi connectivity index (χ3n) is 6.21. The Morgan fingerprint density at radius 2 is 1.83 bits per heavy atom. The molecule has 3 aromatic heterocycles. The third kappa shape index (κ3) is 4.83. The molecule has 184 valence electrons. The van der Waals surface area contributed by atoms with Crippen LogP contribution in [0.3, 0.4) is 0 Å². The lowest BCUT2D eigenvalue weighted by Gasteiger charge is -2.28. The number of hydrogen-bond donors (Lipinski definition) is 1. The number of halogens is 1. The van der Waals surface area contributed by atoms with Gasteiger partial charge in [0.15, 0.2) is 6.10 Å². The van der Waals surface area contributed by atoms with Crippen LogP contribution in [0.25, 0.3) is 22.2 Å². The van der Waals surface area contributed by atoms with Crippen LogP contribution in [0.1, 0.15) is 55.0 Å². The van der Waals surface area contributed by atoms with Crippen LogP contribution >= 0.6 is 11.6 Å². The van der Waals surface area contributed by atoms with Crippen molar-refractivity contribution in [2.24, 2.45) is 12.8 Å². The number of primary amides is 1. The lowest BCUT2D eigenvalue weighted by molar-refractivity contribution is -0.140. The van der Waals surface area contributed by atoms with E-state index in [1.807, 2.05) is 71.4 Å². The third-order valence-corrected chi connectivity index (χ3v) is 6.46. The Kier molecular flexibility index (Phi) is 6.51. The maximum absolute atomic E-state index is 12.7. The topological polar surface area (TPSA) is 88.0 Å². The molecule has 1 aromatic carbocycles. The Hall–Kier alpha value is -3.16. The van der Waals surface area contributed by atoms with Gasteiger partial charge in [0.05, 0.1) is 18.3 Å². The number of nitrogens with zero attached hydrogens (tertiary/aromatic N) is 4. The number of benzene rings is 1. The van der Waals surface area contributed by atoms with Crippen molar-refractivity contribution < 1.29 is 9.53 Å². The number of amides is 1. The number of rotatable bonds is 6. The lowest BCUT2D eigenvalue weighted by Crippen LogP contribution is -2.32. The van der Waals surface area contributed by atoms with Crippen LogP contribution in [0.4, 0.5) is 0 Å². The summed E-state index contributed by atoms with van der Waals surface area (Å²) in [5.74, 6) is -0.552. The van der Waals surface area contributed by atoms with Gasteiger partial charge < -0.3 is 15.0 Å². The average molecular weight is 494 g/mol. The number of carbonyl (C=O) groups is 1. The van der Waals surface area contributed by atoms with E-state index in [0.717, 1.165) is 39.0 Å². The molecule has 1 atom stereocenters. The molecule has 0 radical (unpaired) electrons. The number of pyridine rings is 1. The van der Waals surface area contributed by atoms with Gasteiger partial charge in [-0.25, -0.2) is 4.98 Å². The predicted octanol–water partition coefficient (Wildman–Crippen LogP) is 5.41. The Balaban J connectivity index is 2.07. The first-order valence-corrected chi connectivity index (χ1v) is 12.0. The molecular formula is C27H32ClN5O2. The summed E-state index contributed by atoms with van der Waals surface area (Å²) < 4.78 is 10.2. The van der Waals surface area contributed by atoms with Crippen molar-refractivity contribution in [1.82, 2.24) is 19.3 Å². The van der Waals surface area contributed by atoms with Gasteiger partial charge in [-0.1, -0.05) is 23.7 Å². The molecule has 35 heavy (non-hydrogen) atoms. The Labute approximate surface area is 210 Å². The minimum absolute atomic E-state index is 0.552. The van der Waals surface area contributed by atoms with E-state index in [1.165, 1.54) is 0 Å². The molecule has 3 heterocycles. The van der Waals surface area contributed by atoms with Gasteiger partial charge >= 0.3 is 0 Å². The summed E-state index contributed by atoms with van der Waals surface area (Å²) in [5.41, 5.74) is 12.6. The monoisotopic (exact) mass is 493 g/mol. The van der Waals surface area contributed by atoms with E-state index in [0.29, 0.717) is 22.8 Å². The van der Waals surface area contributed by atoms with Crippen molar-refractivity contribution in [2.75, 3.05) is 0 Å². The van der Waals surface area contributed by atoms with Crippen LogP contribution < -0.4 is 5.73 Å². The zero-order valence-electron chi connectivity index (χ0n) is 21.3. The minimum Gasteiger partial charge on any atom is -0.367 e. The number of ether oxygens (including phenoxy) is 1. The summed E-state index contributed by atoms with van der Waals surface area (Å²) in [5, 5.41) is 5.92. The van der Waals surface area contributed by atoms with E-state index >= 15 is 0 Å². The highest BCUT2D eigenvalue weighted by Gasteiger charge is 2.32. The Morgan fingerprint density at radius 3 is 2.37 bits per heavy atom. The Bertz CT molecular complexity index is 1410. The summed E-state index contributed by atoms with van der Waals surface area (Å²) in [6.07, 6.45) is 2.91. The summed E-state index contributed by atoms with van der Waals surface area (Å²) in [4.78, 5) is 17.8. The van der Waals surface area contributed by atoms with E-state index < -0.39 is 17.6 Å². The van der Waals surface area contributed by atoms with Crippen molar-refractivity contribution in [1.29, 1.82) is 0 Å². The molecule has 0 bridgehead atoms. The first kappa shape index (κ1) is 24.9. The van der Waals surface area contributed by atoms with Crippen LogP contribution in [-0.2, 0) is 23.1 Å². The van der Waals surface area contributed by atoms with E-state index in [9.17, 15) is 4.79 Å². The van der Waals surface area contributed by atoms with Crippen LogP contribution in [0, 0.1) is 20.8 Å². The van der Waals surface area contributed by atoms with Crippen LogP contribution in [0.2, 0.25) is 5.02 Å². The van der Waals surface area contributed by atoms with E-state index in [2.05, 4.69) is 23.5 Å². The number of carbonyl (C=O) groups excluding carboxylic acids is 1. The number of nitrogens with two attached hydrogens (primary N) is 1. The van der Waals surface area contributed by atoms with E-state index in [-0.39, 0.29) is 0 Å². The number of aryl methyl sites for hydroxylation is 3. The zero-order chi connectivity index (χ0) is 25.7. The van der Waals surface area contributed by atoms with Gasteiger partial charge in [0.2, 0.25) is 0 Å². The summed E-state index contributed by atoms with van der Waals surface area (Å²) >= 11 is 6.22. The molecule has 8 heteroatoms. The van der Waals surface area contributed by atoms with Gasteiger partial charge in [0.1, 0.15) is 5.65 Å². The van der Waals surface area contributed by atoms with Crippen molar-refractivity contribution in [3.63, 3.8) is 0 Å². The quantitative estimate of drug-likeness (QED) is 0.389. The van der Waals surface area contributed by atoms with Crippen molar-refractivity contribution in [3.05, 3.63) is 69.8 Å². The Morgan fingerprint density at radius 1 is 1.17 bits per heavy atom. The first-order valence-electron chi connectivity index (χ1n) is 11.6. The van der Waals surface area contributed by atoms with Gasteiger partial charge in [-0.15, -0.1) is 0 Å². The van der Waals surface area contributed by atoms with Gasteiger partial charge in [-0.2, -0.15) is 5.10 Å². The molecule has 7 nitrogen and oxygen atoms in total. The van der Waals surface area contributed by atoms with Gasteiger partial charge in [-0.05, 0) is 64.8 Å². The zero-order valence-corrected chi connectivity index (χ0v) is 22.1. The SMILES string of the molecule is Cc1nc2c(c(C)c(C)n2Cc2cnn(C)c2)c(-c2ccc(Cl)cc2)c1C(OC(C)(C)C)C(N)=O. The number of fused-ring (bicyclic) bond motifs is 1. The lowest BCUT2D eigenvalue weighted by atomic mass is 9.90. The molecule has 1 unspecified atom stereocenters. The van der Waals surface area contributed by atoms with Crippen molar-refractivity contribution >= 4 is 28.5 Å². The normalized spacial score (nSPS) is 12.9. The molecule has 0 saturated carbocycles. The highest BCUT2D eigenvalue weighted by Crippen LogP contribution is 2.42. The van der Waals surface area contributed by atoms with Gasteiger partial charge in [0, 0.05) is 51.7 Å². The fraction of sp³-hybridized carbons (Fsp3) is 0.370. The average Bonchev–Trinajstić information content (AvgIpc) is 3.28. The second-order valence-electron chi connectivity index (χ2n) is 10.0. The highest BCUT2D eigenvalue weighted by molar-refractivity contribution is 6.30. The van der Waals surface area contributed by atoms with Crippen molar-refractivity contribution in [3.8, 4) is 11.1 Å². The number of aromatic nitrogens is 4. The second-order valence-corrected chi connectivity index (χ2v) is 10.5. The van der Waals surface area contributed by atoms with Gasteiger partial charge in [0.25, 0.3) is 5.91 Å². The summed E-state index contributed by atoms with van der Waals surface area (Å²) in [6.45, 7) is 12.4. The molecule has 1 amide bonds. The molecule has 0 saturated heterocycles. The predicted molar refractivity (Wildman–Crippen MR) is 139 cm³/mol. The highest BCUT2D eigenvalue weighted by atomic mass is 35.5. The molecule has 0 spiro atoms. The maximum atomic E-state index is 12.7. The molecular weight excluding hydrogens is 462 g/mol. The van der Waals surface area contributed by atoms with E-state index in [1.54, 1.807) is 4.68 Å². The second kappa shape index (κ2) is 9.13. The number of hydrogen-bond acceptors (Lipinski definition) is 4. The molecule has 4 aromatic rings. The fourth-order valence-corrected chi connectivity index (χ4v) is 4.70. The molecule has 0 aliphatic heterocycles. The van der Waals surface area contributed by atoms with Crippen molar-refractivity contribution in [2.45, 2.75) is 59.8 Å². The van der Waals surface area contributed by atoms with Crippen LogP contribution in [-0.4, -0.2) is 30.8 Å². The largest absolute Gasteiger partial charge is 0.367 e. The molecule has 2 N–H and O–H groups in total. The molecule has 0 aliphatic rings. The standard InChI is InChI=1S/C27H32ClN5O2/c1-15-17(3)33(14-18-12-30-32(7)13-18)26-21(15)23(19-8-10-20(28)11-9-19)22(16(2)31-26)24(25(29)34)35-27(4,5)6/h8-13,24H,14H2,1-7H3,(H2,29,34). The molecule has 4 rings (SSSR count). The van der Waals surface area contributed by atoms with Crippen LogP contribution in [0.5, 0.6) is 0 Å². The van der Waals surface area contributed by atoms with Crippen LogP contribution in [0.15, 0.2) is 36.7 Å². The summed E-state index contributed by atoms with van der Waals surface area (Å²) in [7, 11) is 1.90. The first-order chi connectivity index (χ1) is 16.4. The van der Waals surface area contributed by atoms with E-state index in [4.69, 9.17) is 27.1 Å². The fourth-order valence-electron chi connectivity index (χ4n) is 4.57. The molecule has 0 fully saturated rings. The molecule has 0 aliphatic carbocycles. The maximum Gasteiger partial charge on any atom is 0.251 e. The van der Waals surface area contributed by atoms with Gasteiger partial charge in [-0.3, -0.25) is 9.48 Å². The minimum atomic E-state index is -0.959.